The monoisotopic (exact) mass is 277 g/mol. The van der Waals surface area contributed by atoms with E-state index in [0.29, 0.717) is 6.04 Å². The Kier molecular flexibility index (Phi) is 3.87. The van der Waals surface area contributed by atoms with Gasteiger partial charge in [0, 0.05) is 6.04 Å². The number of nitrogens with zero attached hydrogens (tertiary/aromatic N) is 1. The zero-order valence-electron chi connectivity index (χ0n) is 12.0. The third-order valence-corrected chi connectivity index (χ3v) is 3.88. The van der Waals surface area contributed by atoms with Gasteiger partial charge in [0.15, 0.2) is 0 Å². The molecule has 2 heteroatoms. The molecule has 0 saturated heterocycles. The van der Waals surface area contributed by atoms with Crippen molar-refractivity contribution in [2.45, 2.75) is 24.9 Å². The number of benzene rings is 2. The van der Waals surface area contributed by atoms with Gasteiger partial charge in [-0.2, -0.15) is 0 Å². The lowest BCUT2D eigenvalue weighted by atomic mass is 9.96. The minimum atomic E-state index is -0.0367. The highest BCUT2D eigenvalue weighted by Crippen LogP contribution is 2.38. The molecule has 0 unspecified atom stereocenters. The van der Waals surface area contributed by atoms with Crippen LogP contribution < -0.4 is 0 Å². The van der Waals surface area contributed by atoms with Crippen LogP contribution >= 0.6 is 0 Å². The summed E-state index contributed by atoms with van der Waals surface area (Å²) >= 11 is 0. The van der Waals surface area contributed by atoms with Gasteiger partial charge in [-0.3, -0.25) is 4.79 Å². The van der Waals surface area contributed by atoms with Gasteiger partial charge >= 0.3 is 0 Å². The Morgan fingerprint density at radius 2 is 1.48 bits per heavy atom. The second kappa shape index (κ2) is 5.96. The summed E-state index contributed by atoms with van der Waals surface area (Å²) in [5, 5.41) is 0. The first-order chi connectivity index (χ1) is 10.3. The maximum atomic E-state index is 12.4. The Hall–Kier alpha value is -2.35. The average Bonchev–Trinajstić information content (AvgIpc) is 3.38. The molecule has 2 aromatic carbocycles. The van der Waals surface area contributed by atoms with Crippen molar-refractivity contribution in [3.8, 4) is 0 Å². The van der Waals surface area contributed by atoms with E-state index in [1.54, 1.807) is 0 Å². The summed E-state index contributed by atoms with van der Waals surface area (Å²) in [6, 6.07) is 20.7. The SMILES string of the molecule is C=CC(=O)N(C1CC1)C(c1ccccc1)c1ccccc1. The Bertz CT molecular complexity index is 577. The van der Waals surface area contributed by atoms with E-state index in [4.69, 9.17) is 0 Å². The Balaban J connectivity index is 2.07. The first kappa shape index (κ1) is 13.6. The fourth-order valence-corrected chi connectivity index (χ4v) is 2.76. The molecule has 1 fully saturated rings. The number of carbonyl (C=O) groups is 1. The summed E-state index contributed by atoms with van der Waals surface area (Å²) in [6.45, 7) is 3.67. The van der Waals surface area contributed by atoms with Gasteiger partial charge in [-0.15, -0.1) is 0 Å². The lowest BCUT2D eigenvalue weighted by Gasteiger charge is -2.32. The fourth-order valence-electron chi connectivity index (χ4n) is 2.76. The Morgan fingerprint density at radius 1 is 1.00 bits per heavy atom. The van der Waals surface area contributed by atoms with Crippen molar-refractivity contribution < 1.29 is 4.79 Å². The van der Waals surface area contributed by atoms with Crippen molar-refractivity contribution in [1.29, 1.82) is 0 Å². The van der Waals surface area contributed by atoms with Gasteiger partial charge in [0.2, 0.25) is 5.91 Å². The smallest absolute Gasteiger partial charge is 0.246 e. The Morgan fingerprint density at radius 3 is 1.86 bits per heavy atom. The quantitative estimate of drug-likeness (QED) is 0.758. The summed E-state index contributed by atoms with van der Waals surface area (Å²) in [5.41, 5.74) is 2.29. The van der Waals surface area contributed by atoms with E-state index in [1.165, 1.54) is 6.08 Å². The van der Waals surface area contributed by atoms with Crippen molar-refractivity contribution in [3.05, 3.63) is 84.4 Å². The van der Waals surface area contributed by atoms with Crippen LogP contribution in [0.3, 0.4) is 0 Å². The lowest BCUT2D eigenvalue weighted by Crippen LogP contribution is -2.36. The maximum Gasteiger partial charge on any atom is 0.246 e. The van der Waals surface area contributed by atoms with Crippen LogP contribution in [-0.2, 0) is 4.79 Å². The van der Waals surface area contributed by atoms with Gasteiger partial charge < -0.3 is 4.90 Å². The van der Waals surface area contributed by atoms with Crippen LogP contribution in [0.15, 0.2) is 73.3 Å². The van der Waals surface area contributed by atoms with Gasteiger partial charge in [0.1, 0.15) is 0 Å². The summed E-state index contributed by atoms with van der Waals surface area (Å²) in [4.78, 5) is 14.4. The van der Waals surface area contributed by atoms with Crippen LogP contribution in [0, 0.1) is 0 Å². The van der Waals surface area contributed by atoms with Crippen molar-refractivity contribution in [2.75, 3.05) is 0 Å². The second-order valence-electron chi connectivity index (χ2n) is 5.40. The van der Waals surface area contributed by atoms with Crippen molar-refractivity contribution >= 4 is 5.91 Å². The molecule has 0 bridgehead atoms. The predicted molar refractivity (Wildman–Crippen MR) is 84.8 cm³/mol. The number of hydrogen-bond donors (Lipinski definition) is 0. The van der Waals surface area contributed by atoms with Crippen molar-refractivity contribution in [3.63, 3.8) is 0 Å². The largest absolute Gasteiger partial charge is 0.325 e. The molecular weight excluding hydrogens is 258 g/mol. The first-order valence-corrected chi connectivity index (χ1v) is 7.36. The number of hydrogen-bond acceptors (Lipinski definition) is 1. The topological polar surface area (TPSA) is 20.3 Å². The lowest BCUT2D eigenvalue weighted by molar-refractivity contribution is -0.128. The standard InChI is InChI=1S/C19H19NO/c1-2-18(21)20(17-13-14-17)19(15-9-5-3-6-10-15)16-11-7-4-8-12-16/h2-12,17,19H,1,13-14H2. The molecule has 0 aromatic heterocycles. The predicted octanol–water partition coefficient (Wildman–Crippen LogP) is 3.95. The minimum absolute atomic E-state index is 0.00945. The molecule has 1 aliphatic rings. The molecule has 0 aliphatic heterocycles. The Labute approximate surface area is 125 Å². The molecule has 0 N–H and O–H groups in total. The van der Waals surface area contributed by atoms with Crippen LogP contribution in [0.25, 0.3) is 0 Å². The number of carbonyl (C=O) groups excluding carboxylic acids is 1. The van der Waals surface area contributed by atoms with Crippen LogP contribution in [-0.4, -0.2) is 16.8 Å². The molecule has 1 saturated carbocycles. The molecule has 1 aliphatic carbocycles. The molecule has 106 valence electrons. The van der Waals surface area contributed by atoms with E-state index in [-0.39, 0.29) is 11.9 Å². The molecule has 1 amide bonds. The van der Waals surface area contributed by atoms with Crippen LogP contribution in [0.2, 0.25) is 0 Å². The average molecular weight is 277 g/mol. The van der Waals surface area contributed by atoms with Crippen LogP contribution in [0.5, 0.6) is 0 Å². The first-order valence-electron chi connectivity index (χ1n) is 7.36. The molecule has 0 spiro atoms. The van der Waals surface area contributed by atoms with Gasteiger partial charge in [0.25, 0.3) is 0 Å². The van der Waals surface area contributed by atoms with Crippen molar-refractivity contribution in [2.24, 2.45) is 0 Å². The summed E-state index contributed by atoms with van der Waals surface area (Å²) in [5.74, 6) is 0.00945. The zero-order chi connectivity index (χ0) is 14.7. The highest BCUT2D eigenvalue weighted by atomic mass is 16.2. The number of amides is 1. The molecule has 3 rings (SSSR count). The third kappa shape index (κ3) is 2.89. The molecule has 21 heavy (non-hydrogen) atoms. The van der Waals surface area contributed by atoms with E-state index >= 15 is 0 Å². The zero-order valence-corrected chi connectivity index (χ0v) is 12.0. The second-order valence-corrected chi connectivity index (χ2v) is 5.40. The highest BCUT2D eigenvalue weighted by molar-refractivity contribution is 5.88. The highest BCUT2D eigenvalue weighted by Gasteiger charge is 2.37. The molecule has 2 nitrogen and oxygen atoms in total. The summed E-state index contributed by atoms with van der Waals surface area (Å²) in [7, 11) is 0. The van der Waals surface area contributed by atoms with Crippen LogP contribution in [0.4, 0.5) is 0 Å². The summed E-state index contributed by atoms with van der Waals surface area (Å²) < 4.78 is 0. The van der Waals surface area contributed by atoms with E-state index in [2.05, 4.69) is 30.8 Å². The van der Waals surface area contributed by atoms with Gasteiger partial charge in [-0.1, -0.05) is 67.2 Å². The van der Waals surface area contributed by atoms with E-state index in [9.17, 15) is 4.79 Å². The van der Waals surface area contributed by atoms with Gasteiger partial charge in [-0.25, -0.2) is 0 Å². The molecule has 0 atom stereocenters. The molecular formula is C19H19NO. The summed E-state index contributed by atoms with van der Waals surface area (Å²) in [6.07, 6.45) is 3.59. The molecule has 0 heterocycles. The third-order valence-electron chi connectivity index (χ3n) is 3.88. The minimum Gasteiger partial charge on any atom is -0.325 e. The van der Waals surface area contributed by atoms with Crippen LogP contribution in [0.1, 0.15) is 30.0 Å². The van der Waals surface area contributed by atoms with E-state index in [0.717, 1.165) is 24.0 Å². The van der Waals surface area contributed by atoms with Gasteiger partial charge in [0.05, 0.1) is 6.04 Å². The number of rotatable bonds is 5. The van der Waals surface area contributed by atoms with E-state index < -0.39 is 0 Å². The van der Waals surface area contributed by atoms with E-state index in [1.807, 2.05) is 41.3 Å². The van der Waals surface area contributed by atoms with Crippen molar-refractivity contribution in [1.82, 2.24) is 4.90 Å². The molecule has 0 radical (unpaired) electrons. The normalized spacial score (nSPS) is 14.0. The molecule has 2 aromatic rings. The maximum absolute atomic E-state index is 12.4. The van der Waals surface area contributed by atoms with Gasteiger partial charge in [-0.05, 0) is 30.0 Å². The fraction of sp³-hybridized carbons (Fsp3) is 0.211.